The number of hydrogen-bond donors (Lipinski definition) is 0. The van der Waals surface area contributed by atoms with Gasteiger partial charge in [0, 0.05) is 6.61 Å². The van der Waals surface area contributed by atoms with E-state index in [1.165, 1.54) is 24.8 Å². The summed E-state index contributed by atoms with van der Waals surface area (Å²) in [6.07, 6.45) is 6.63. The number of ether oxygens (including phenoxy) is 1. The largest absolute Gasteiger partial charge is 0.377 e. The summed E-state index contributed by atoms with van der Waals surface area (Å²) in [5.74, 6) is 0. The van der Waals surface area contributed by atoms with E-state index in [0.29, 0.717) is 6.61 Å². The van der Waals surface area contributed by atoms with Crippen molar-refractivity contribution in [1.29, 1.82) is 0 Å². The first-order valence-electron chi connectivity index (χ1n) is 5.66. The van der Waals surface area contributed by atoms with Gasteiger partial charge in [0.25, 0.3) is 0 Å². The maximum Gasteiger partial charge on any atom is 0.0644 e. The maximum absolute atomic E-state index is 5.32. The van der Waals surface area contributed by atoms with Gasteiger partial charge in [0.2, 0.25) is 0 Å². The second-order valence-electron chi connectivity index (χ2n) is 3.66. The Balaban J connectivity index is 1.95. The SMILES string of the molecule is C=CCOCCCCCc1ccccc1. The maximum atomic E-state index is 5.32. The van der Waals surface area contributed by atoms with Gasteiger partial charge in [-0.25, -0.2) is 0 Å². The third kappa shape index (κ3) is 6.08. The highest BCUT2D eigenvalue weighted by Crippen LogP contribution is 2.06. The van der Waals surface area contributed by atoms with E-state index in [1.54, 1.807) is 6.08 Å². The van der Waals surface area contributed by atoms with Gasteiger partial charge >= 0.3 is 0 Å². The van der Waals surface area contributed by atoms with Gasteiger partial charge in [-0.05, 0) is 24.8 Å². The predicted molar refractivity (Wildman–Crippen MR) is 65.0 cm³/mol. The zero-order chi connectivity index (χ0) is 10.8. The Morgan fingerprint density at radius 3 is 2.60 bits per heavy atom. The molecule has 82 valence electrons. The van der Waals surface area contributed by atoms with Crippen molar-refractivity contribution in [2.75, 3.05) is 13.2 Å². The third-order valence-electron chi connectivity index (χ3n) is 2.33. The van der Waals surface area contributed by atoms with Crippen molar-refractivity contribution in [2.45, 2.75) is 25.7 Å². The summed E-state index contributed by atoms with van der Waals surface area (Å²) in [6.45, 7) is 5.15. The van der Waals surface area contributed by atoms with Gasteiger partial charge in [0.1, 0.15) is 0 Å². The molecule has 0 N–H and O–H groups in total. The quantitative estimate of drug-likeness (QED) is 0.464. The molecule has 1 aromatic carbocycles. The molecule has 1 aromatic rings. The van der Waals surface area contributed by atoms with Crippen LogP contribution in [0.1, 0.15) is 24.8 Å². The fraction of sp³-hybridized carbons (Fsp3) is 0.429. The van der Waals surface area contributed by atoms with Crippen molar-refractivity contribution in [3.8, 4) is 0 Å². The minimum atomic E-state index is 0.679. The molecule has 0 radical (unpaired) electrons. The van der Waals surface area contributed by atoms with Crippen LogP contribution in [0.5, 0.6) is 0 Å². The van der Waals surface area contributed by atoms with Crippen LogP contribution in [0, 0.1) is 0 Å². The first-order chi connectivity index (χ1) is 7.43. The van der Waals surface area contributed by atoms with Crippen molar-refractivity contribution in [3.05, 3.63) is 48.6 Å². The standard InChI is InChI=1S/C14H20O/c1-2-12-15-13-8-4-7-11-14-9-5-3-6-10-14/h2-3,5-6,9-10H,1,4,7-8,11-13H2. The normalized spacial score (nSPS) is 10.1. The Kier molecular flexibility index (Phi) is 6.59. The van der Waals surface area contributed by atoms with Crippen LogP contribution >= 0.6 is 0 Å². The van der Waals surface area contributed by atoms with Crippen LogP contribution < -0.4 is 0 Å². The van der Waals surface area contributed by atoms with E-state index >= 15 is 0 Å². The molecule has 0 aliphatic carbocycles. The van der Waals surface area contributed by atoms with Crippen LogP contribution in [0.3, 0.4) is 0 Å². The minimum absolute atomic E-state index is 0.679. The van der Waals surface area contributed by atoms with Crippen LogP contribution in [0.25, 0.3) is 0 Å². The molecule has 0 bridgehead atoms. The first kappa shape index (κ1) is 12.0. The van der Waals surface area contributed by atoms with E-state index in [0.717, 1.165) is 13.0 Å². The Bertz CT molecular complexity index is 253. The number of hydrogen-bond acceptors (Lipinski definition) is 1. The fourth-order valence-corrected chi connectivity index (χ4v) is 1.52. The third-order valence-corrected chi connectivity index (χ3v) is 2.33. The van der Waals surface area contributed by atoms with Crippen molar-refractivity contribution in [3.63, 3.8) is 0 Å². The highest BCUT2D eigenvalue weighted by molar-refractivity contribution is 5.14. The monoisotopic (exact) mass is 204 g/mol. The van der Waals surface area contributed by atoms with Gasteiger partial charge in [-0.2, -0.15) is 0 Å². The molecular weight excluding hydrogens is 184 g/mol. The Morgan fingerprint density at radius 1 is 1.07 bits per heavy atom. The average Bonchev–Trinajstić information content (AvgIpc) is 2.29. The summed E-state index contributed by atoms with van der Waals surface area (Å²) < 4.78 is 5.32. The predicted octanol–water partition coefficient (Wildman–Crippen LogP) is 3.60. The molecular formula is C14H20O. The molecule has 0 saturated carbocycles. The summed E-state index contributed by atoms with van der Waals surface area (Å²) in [4.78, 5) is 0. The van der Waals surface area contributed by atoms with Crippen LogP contribution in [0.15, 0.2) is 43.0 Å². The van der Waals surface area contributed by atoms with Gasteiger partial charge in [0.15, 0.2) is 0 Å². The van der Waals surface area contributed by atoms with Crippen molar-refractivity contribution in [2.24, 2.45) is 0 Å². The number of unbranched alkanes of at least 4 members (excludes halogenated alkanes) is 2. The molecule has 0 aliphatic heterocycles. The molecule has 0 saturated heterocycles. The van der Waals surface area contributed by atoms with Crippen LogP contribution in [0.2, 0.25) is 0 Å². The average molecular weight is 204 g/mol. The van der Waals surface area contributed by atoms with Crippen LogP contribution in [-0.4, -0.2) is 13.2 Å². The minimum Gasteiger partial charge on any atom is -0.377 e. The highest BCUT2D eigenvalue weighted by Gasteiger charge is 1.92. The molecule has 0 aromatic heterocycles. The van der Waals surface area contributed by atoms with Gasteiger partial charge in [-0.3, -0.25) is 0 Å². The van der Waals surface area contributed by atoms with Gasteiger partial charge in [-0.1, -0.05) is 42.8 Å². The lowest BCUT2D eigenvalue weighted by Gasteiger charge is -2.02. The zero-order valence-electron chi connectivity index (χ0n) is 9.32. The topological polar surface area (TPSA) is 9.23 Å². The van der Waals surface area contributed by atoms with Crippen LogP contribution in [-0.2, 0) is 11.2 Å². The molecule has 0 atom stereocenters. The van der Waals surface area contributed by atoms with Crippen molar-refractivity contribution >= 4 is 0 Å². The van der Waals surface area contributed by atoms with E-state index in [4.69, 9.17) is 4.74 Å². The smallest absolute Gasteiger partial charge is 0.0644 e. The second-order valence-corrected chi connectivity index (χ2v) is 3.66. The number of aryl methyl sites for hydroxylation is 1. The molecule has 0 aliphatic rings. The molecule has 1 nitrogen and oxygen atoms in total. The molecule has 1 rings (SSSR count). The Morgan fingerprint density at radius 2 is 1.87 bits per heavy atom. The summed E-state index contributed by atoms with van der Waals surface area (Å²) in [5.41, 5.74) is 1.43. The molecule has 0 heterocycles. The summed E-state index contributed by atoms with van der Waals surface area (Å²) >= 11 is 0. The molecule has 0 unspecified atom stereocenters. The molecule has 0 fully saturated rings. The molecule has 15 heavy (non-hydrogen) atoms. The van der Waals surface area contributed by atoms with Crippen LogP contribution in [0.4, 0.5) is 0 Å². The highest BCUT2D eigenvalue weighted by atomic mass is 16.5. The summed E-state index contributed by atoms with van der Waals surface area (Å²) in [5, 5.41) is 0. The van der Waals surface area contributed by atoms with E-state index < -0.39 is 0 Å². The lowest BCUT2D eigenvalue weighted by atomic mass is 10.1. The van der Waals surface area contributed by atoms with E-state index in [2.05, 4.69) is 36.9 Å². The van der Waals surface area contributed by atoms with Crippen molar-refractivity contribution < 1.29 is 4.74 Å². The van der Waals surface area contributed by atoms with E-state index in [9.17, 15) is 0 Å². The fourth-order valence-electron chi connectivity index (χ4n) is 1.52. The van der Waals surface area contributed by atoms with E-state index in [1.807, 2.05) is 0 Å². The Labute approximate surface area is 92.8 Å². The lowest BCUT2D eigenvalue weighted by Crippen LogP contribution is -1.94. The number of rotatable bonds is 8. The zero-order valence-corrected chi connectivity index (χ0v) is 9.32. The van der Waals surface area contributed by atoms with Crippen molar-refractivity contribution in [1.82, 2.24) is 0 Å². The van der Waals surface area contributed by atoms with E-state index in [-0.39, 0.29) is 0 Å². The molecule has 0 amide bonds. The summed E-state index contributed by atoms with van der Waals surface area (Å²) in [7, 11) is 0. The Hall–Kier alpha value is -1.08. The van der Waals surface area contributed by atoms with Gasteiger partial charge in [-0.15, -0.1) is 6.58 Å². The van der Waals surface area contributed by atoms with Gasteiger partial charge in [0.05, 0.1) is 6.61 Å². The number of benzene rings is 1. The second kappa shape index (κ2) is 8.25. The molecule has 0 spiro atoms. The lowest BCUT2D eigenvalue weighted by molar-refractivity contribution is 0.157. The first-order valence-corrected chi connectivity index (χ1v) is 5.66. The van der Waals surface area contributed by atoms with Gasteiger partial charge < -0.3 is 4.74 Å². The summed E-state index contributed by atoms with van der Waals surface area (Å²) in [6, 6.07) is 10.6. The molecule has 1 heteroatoms.